The number of methoxy groups -OCH3 is 1. The highest BCUT2D eigenvalue weighted by Gasteiger charge is 2.14. The van der Waals surface area contributed by atoms with E-state index in [-0.39, 0.29) is 12.4 Å². The van der Waals surface area contributed by atoms with Crippen molar-refractivity contribution in [1.29, 1.82) is 0 Å². The van der Waals surface area contributed by atoms with Gasteiger partial charge in [-0.15, -0.1) is 12.4 Å². The first-order valence-electron chi connectivity index (χ1n) is 7.54. The maximum Gasteiger partial charge on any atom is 0.124 e. The lowest BCUT2D eigenvalue weighted by Gasteiger charge is -2.15. The van der Waals surface area contributed by atoms with Gasteiger partial charge in [0.2, 0.25) is 0 Å². The molecule has 0 saturated carbocycles. The summed E-state index contributed by atoms with van der Waals surface area (Å²) in [6, 6.07) is 13.8. The molecule has 0 aromatic heterocycles. The molecule has 1 aliphatic rings. The number of fused-ring (bicyclic) bond motifs is 1. The SMILES string of the molecule is COc1ccccc1C(O)CNCc1ccc2c(c1)CCO2.Cl. The number of aliphatic hydroxyl groups excluding tert-OH is 1. The Kier molecular flexibility index (Phi) is 6.28. The van der Waals surface area contributed by atoms with E-state index >= 15 is 0 Å². The van der Waals surface area contributed by atoms with Gasteiger partial charge in [0.25, 0.3) is 0 Å². The fourth-order valence-electron chi connectivity index (χ4n) is 2.75. The van der Waals surface area contributed by atoms with Crippen LogP contribution in [-0.4, -0.2) is 25.4 Å². The predicted molar refractivity (Wildman–Crippen MR) is 92.5 cm³/mol. The molecule has 3 rings (SSSR count). The average molecular weight is 336 g/mol. The molecule has 1 heterocycles. The molecule has 0 fully saturated rings. The molecule has 0 saturated heterocycles. The minimum Gasteiger partial charge on any atom is -0.496 e. The maximum atomic E-state index is 10.3. The van der Waals surface area contributed by atoms with E-state index in [9.17, 15) is 5.11 Å². The average Bonchev–Trinajstić information content (AvgIpc) is 3.02. The van der Waals surface area contributed by atoms with Crippen LogP contribution in [0.2, 0.25) is 0 Å². The van der Waals surface area contributed by atoms with Crippen LogP contribution in [0.5, 0.6) is 11.5 Å². The number of para-hydroxylation sites is 1. The Balaban J connectivity index is 0.00000192. The van der Waals surface area contributed by atoms with Gasteiger partial charge >= 0.3 is 0 Å². The number of halogens is 1. The zero-order valence-electron chi connectivity index (χ0n) is 13.1. The Bertz CT molecular complexity index is 648. The van der Waals surface area contributed by atoms with Gasteiger partial charge in [0.1, 0.15) is 11.5 Å². The lowest BCUT2D eigenvalue weighted by molar-refractivity contribution is 0.170. The van der Waals surface area contributed by atoms with Crippen molar-refractivity contribution < 1.29 is 14.6 Å². The van der Waals surface area contributed by atoms with E-state index < -0.39 is 6.10 Å². The zero-order chi connectivity index (χ0) is 15.4. The Morgan fingerprint density at radius 1 is 1.26 bits per heavy atom. The molecule has 2 N–H and O–H groups in total. The predicted octanol–water partition coefficient (Wildman–Crippen LogP) is 2.88. The molecule has 0 radical (unpaired) electrons. The smallest absolute Gasteiger partial charge is 0.124 e. The molecule has 4 nitrogen and oxygen atoms in total. The van der Waals surface area contributed by atoms with Crippen LogP contribution in [0.15, 0.2) is 42.5 Å². The van der Waals surface area contributed by atoms with Gasteiger partial charge < -0.3 is 19.9 Å². The number of ether oxygens (including phenoxy) is 2. The second-order valence-corrected chi connectivity index (χ2v) is 5.43. The van der Waals surface area contributed by atoms with Gasteiger partial charge in [0.15, 0.2) is 0 Å². The van der Waals surface area contributed by atoms with Crippen LogP contribution in [0, 0.1) is 0 Å². The van der Waals surface area contributed by atoms with Crippen LogP contribution in [0.25, 0.3) is 0 Å². The molecule has 1 unspecified atom stereocenters. The number of benzene rings is 2. The largest absolute Gasteiger partial charge is 0.496 e. The van der Waals surface area contributed by atoms with Crippen LogP contribution in [0.1, 0.15) is 22.8 Å². The first-order chi connectivity index (χ1) is 10.8. The van der Waals surface area contributed by atoms with Crippen molar-refractivity contribution in [3.05, 3.63) is 59.2 Å². The van der Waals surface area contributed by atoms with Crippen molar-refractivity contribution in [2.24, 2.45) is 0 Å². The summed E-state index contributed by atoms with van der Waals surface area (Å²) in [7, 11) is 1.62. The number of aliphatic hydroxyl groups is 1. The molecule has 2 aromatic carbocycles. The summed E-state index contributed by atoms with van der Waals surface area (Å²) in [5, 5.41) is 13.6. The standard InChI is InChI=1S/C18H21NO3.ClH/c1-21-18-5-3-2-4-15(18)16(20)12-19-11-13-6-7-17-14(10-13)8-9-22-17;/h2-7,10,16,19-20H,8-9,11-12H2,1H3;1H. The first-order valence-corrected chi connectivity index (χ1v) is 7.54. The Hall–Kier alpha value is -1.75. The third-order valence-electron chi connectivity index (χ3n) is 3.92. The van der Waals surface area contributed by atoms with Gasteiger partial charge in [-0.05, 0) is 23.3 Å². The number of hydrogen-bond donors (Lipinski definition) is 2. The molecular weight excluding hydrogens is 314 g/mol. The highest BCUT2D eigenvalue weighted by atomic mass is 35.5. The molecule has 124 valence electrons. The maximum absolute atomic E-state index is 10.3. The van der Waals surface area contributed by atoms with E-state index in [0.717, 1.165) is 30.9 Å². The highest BCUT2D eigenvalue weighted by Crippen LogP contribution is 2.26. The van der Waals surface area contributed by atoms with Crippen molar-refractivity contribution in [1.82, 2.24) is 5.32 Å². The van der Waals surface area contributed by atoms with Crippen molar-refractivity contribution in [3.63, 3.8) is 0 Å². The Morgan fingerprint density at radius 3 is 2.91 bits per heavy atom. The molecule has 0 aliphatic carbocycles. The molecule has 0 amide bonds. The summed E-state index contributed by atoms with van der Waals surface area (Å²) in [5.74, 6) is 1.71. The van der Waals surface area contributed by atoms with E-state index in [4.69, 9.17) is 9.47 Å². The number of hydrogen-bond acceptors (Lipinski definition) is 4. The fourth-order valence-corrected chi connectivity index (χ4v) is 2.75. The van der Waals surface area contributed by atoms with E-state index in [1.54, 1.807) is 7.11 Å². The minimum atomic E-state index is -0.589. The topological polar surface area (TPSA) is 50.7 Å². The second-order valence-electron chi connectivity index (χ2n) is 5.43. The van der Waals surface area contributed by atoms with E-state index in [1.165, 1.54) is 11.1 Å². The number of rotatable bonds is 6. The lowest BCUT2D eigenvalue weighted by Crippen LogP contribution is -2.21. The summed E-state index contributed by atoms with van der Waals surface area (Å²) in [5.41, 5.74) is 3.28. The molecule has 5 heteroatoms. The molecule has 2 aromatic rings. The van der Waals surface area contributed by atoms with Gasteiger partial charge in [0.05, 0.1) is 19.8 Å². The summed E-state index contributed by atoms with van der Waals surface area (Å²) >= 11 is 0. The first kappa shape index (κ1) is 17.6. The van der Waals surface area contributed by atoms with E-state index in [1.807, 2.05) is 30.3 Å². The monoisotopic (exact) mass is 335 g/mol. The minimum absolute atomic E-state index is 0. The van der Waals surface area contributed by atoms with Gasteiger partial charge in [-0.3, -0.25) is 0 Å². The molecule has 23 heavy (non-hydrogen) atoms. The normalized spacial score (nSPS) is 13.7. The van der Waals surface area contributed by atoms with Gasteiger partial charge in [-0.1, -0.05) is 30.3 Å². The zero-order valence-corrected chi connectivity index (χ0v) is 13.9. The second kappa shape index (κ2) is 8.20. The van der Waals surface area contributed by atoms with Crippen LogP contribution in [-0.2, 0) is 13.0 Å². The van der Waals surface area contributed by atoms with Crippen LogP contribution in [0.3, 0.4) is 0 Å². The Morgan fingerprint density at radius 2 is 2.09 bits per heavy atom. The van der Waals surface area contributed by atoms with Gasteiger partial charge in [-0.2, -0.15) is 0 Å². The van der Waals surface area contributed by atoms with Gasteiger partial charge in [0, 0.05) is 25.1 Å². The molecule has 1 atom stereocenters. The third-order valence-corrected chi connectivity index (χ3v) is 3.92. The summed E-state index contributed by atoms with van der Waals surface area (Å²) in [6.07, 6.45) is 0.390. The van der Waals surface area contributed by atoms with Crippen LogP contribution < -0.4 is 14.8 Å². The molecule has 1 aliphatic heterocycles. The van der Waals surface area contributed by atoms with E-state index in [0.29, 0.717) is 12.3 Å². The third kappa shape index (κ3) is 4.16. The number of nitrogens with one attached hydrogen (secondary N) is 1. The van der Waals surface area contributed by atoms with Crippen molar-refractivity contribution in [2.75, 3.05) is 20.3 Å². The summed E-state index contributed by atoms with van der Waals surface area (Å²) in [6.45, 7) is 1.98. The van der Waals surface area contributed by atoms with E-state index in [2.05, 4.69) is 17.4 Å². The molecule has 0 bridgehead atoms. The van der Waals surface area contributed by atoms with Crippen molar-refractivity contribution >= 4 is 12.4 Å². The van der Waals surface area contributed by atoms with Crippen molar-refractivity contribution in [2.45, 2.75) is 19.1 Å². The van der Waals surface area contributed by atoms with Crippen LogP contribution in [0.4, 0.5) is 0 Å². The Labute approximate surface area is 142 Å². The quantitative estimate of drug-likeness (QED) is 0.852. The van der Waals surface area contributed by atoms with Crippen molar-refractivity contribution in [3.8, 4) is 11.5 Å². The summed E-state index contributed by atoms with van der Waals surface area (Å²) < 4.78 is 10.8. The van der Waals surface area contributed by atoms with Crippen LogP contribution >= 0.6 is 12.4 Å². The van der Waals surface area contributed by atoms with Gasteiger partial charge in [-0.25, -0.2) is 0 Å². The fraction of sp³-hybridized carbons (Fsp3) is 0.333. The highest BCUT2D eigenvalue weighted by molar-refractivity contribution is 5.85. The summed E-state index contributed by atoms with van der Waals surface area (Å²) in [4.78, 5) is 0. The molecule has 0 spiro atoms. The lowest BCUT2D eigenvalue weighted by atomic mass is 10.1. The molecular formula is C18H22ClNO3.